The average Bonchev–Trinajstić information content (AvgIpc) is 2.77. The maximum absolute atomic E-state index is 12.0. The summed E-state index contributed by atoms with van der Waals surface area (Å²) in [7, 11) is -1.79. The quantitative estimate of drug-likeness (QED) is 0.632. The summed E-state index contributed by atoms with van der Waals surface area (Å²) in [6.45, 7) is 5.81. The number of hydrogen-bond acceptors (Lipinski definition) is 4. The van der Waals surface area contributed by atoms with E-state index in [1.54, 1.807) is 7.05 Å². The van der Waals surface area contributed by atoms with Gasteiger partial charge in [0.05, 0.1) is 0 Å². The van der Waals surface area contributed by atoms with Crippen molar-refractivity contribution >= 4 is 10.2 Å². The van der Waals surface area contributed by atoms with Crippen LogP contribution in [0, 0.1) is 0 Å². The van der Waals surface area contributed by atoms with Gasteiger partial charge in [-0.1, -0.05) is 0 Å². The van der Waals surface area contributed by atoms with Crippen LogP contribution in [0.25, 0.3) is 0 Å². The van der Waals surface area contributed by atoms with Crippen LogP contribution in [0.3, 0.4) is 0 Å². The third-order valence-corrected chi connectivity index (χ3v) is 4.87. The lowest BCUT2D eigenvalue weighted by molar-refractivity contribution is 0.310. The lowest BCUT2D eigenvalue weighted by atomic mass is 10.3. The van der Waals surface area contributed by atoms with Gasteiger partial charge in [0.25, 0.3) is 10.2 Å². The van der Waals surface area contributed by atoms with Gasteiger partial charge in [-0.2, -0.15) is 17.4 Å². The van der Waals surface area contributed by atoms with Crippen molar-refractivity contribution in [1.29, 1.82) is 0 Å². The molecule has 0 saturated carbocycles. The number of nitrogens with two attached hydrogens (primary N) is 1. The summed E-state index contributed by atoms with van der Waals surface area (Å²) in [6.07, 6.45) is 3.11. The number of rotatable bonds is 8. The van der Waals surface area contributed by atoms with Gasteiger partial charge >= 0.3 is 0 Å². The van der Waals surface area contributed by atoms with Crippen molar-refractivity contribution in [3.05, 3.63) is 0 Å². The Balaban J connectivity index is 2.38. The third kappa shape index (κ3) is 5.19. The van der Waals surface area contributed by atoms with Crippen LogP contribution >= 0.6 is 0 Å². The van der Waals surface area contributed by atoms with Gasteiger partial charge in [-0.15, -0.1) is 0 Å². The fourth-order valence-electron chi connectivity index (χ4n) is 2.17. The van der Waals surface area contributed by atoms with Gasteiger partial charge < -0.3 is 10.6 Å². The first-order valence-corrected chi connectivity index (χ1v) is 8.05. The topological polar surface area (TPSA) is 78.7 Å². The van der Waals surface area contributed by atoms with Crippen LogP contribution in [-0.4, -0.2) is 63.4 Å². The second-order valence-electron chi connectivity index (χ2n) is 5.00. The Morgan fingerprint density at radius 3 is 2.56 bits per heavy atom. The van der Waals surface area contributed by atoms with Crippen LogP contribution in [0.4, 0.5) is 0 Å². The largest absolute Gasteiger partial charge is 0.330 e. The first-order chi connectivity index (χ1) is 8.45. The van der Waals surface area contributed by atoms with E-state index in [1.165, 1.54) is 17.1 Å². The fraction of sp³-hybridized carbons (Fsp3) is 1.00. The molecule has 0 aromatic heterocycles. The molecule has 108 valence electrons. The smallest absolute Gasteiger partial charge is 0.279 e. The Hall–Kier alpha value is -0.210. The minimum Gasteiger partial charge on any atom is -0.330 e. The lowest BCUT2D eigenvalue weighted by Gasteiger charge is -2.24. The first-order valence-electron chi connectivity index (χ1n) is 6.61. The Bertz CT molecular complexity index is 328. The van der Waals surface area contributed by atoms with Crippen LogP contribution in [0.1, 0.15) is 26.2 Å². The van der Waals surface area contributed by atoms with E-state index in [-0.39, 0.29) is 6.04 Å². The molecule has 0 radical (unpaired) electrons. The molecule has 1 heterocycles. The highest BCUT2D eigenvalue weighted by Gasteiger charge is 2.22. The molecule has 6 nitrogen and oxygen atoms in total. The van der Waals surface area contributed by atoms with Crippen LogP contribution in [0.2, 0.25) is 0 Å². The maximum atomic E-state index is 12.0. The molecular weight excluding hydrogens is 252 g/mol. The SMILES string of the molecule is CC(CN1CCCC1)NS(=O)(=O)N(C)CCCN. The molecule has 3 N–H and O–H groups in total. The van der Waals surface area contributed by atoms with Crippen LogP contribution in [0.15, 0.2) is 0 Å². The monoisotopic (exact) mass is 278 g/mol. The van der Waals surface area contributed by atoms with Gasteiger partial charge in [-0.3, -0.25) is 0 Å². The summed E-state index contributed by atoms with van der Waals surface area (Å²) >= 11 is 0. The van der Waals surface area contributed by atoms with Gasteiger partial charge in [-0.05, 0) is 45.8 Å². The fourth-order valence-corrected chi connectivity index (χ4v) is 3.30. The number of nitrogens with one attached hydrogen (secondary N) is 1. The second-order valence-corrected chi connectivity index (χ2v) is 6.80. The molecule has 0 bridgehead atoms. The van der Waals surface area contributed by atoms with E-state index >= 15 is 0 Å². The highest BCUT2D eigenvalue weighted by atomic mass is 32.2. The standard InChI is InChI=1S/C11H26N4O2S/c1-11(10-15-8-3-4-9-15)13-18(16,17)14(2)7-5-6-12/h11,13H,3-10,12H2,1-2H3. The molecule has 1 atom stereocenters. The number of likely N-dealkylation sites (tertiary alicyclic amines) is 1. The van der Waals surface area contributed by atoms with Crippen molar-refractivity contribution in [3.8, 4) is 0 Å². The zero-order valence-electron chi connectivity index (χ0n) is 11.4. The van der Waals surface area contributed by atoms with Crippen molar-refractivity contribution < 1.29 is 8.42 Å². The van der Waals surface area contributed by atoms with E-state index in [0.29, 0.717) is 19.5 Å². The summed E-state index contributed by atoms with van der Waals surface area (Å²) in [5.41, 5.74) is 5.38. The van der Waals surface area contributed by atoms with Gasteiger partial charge in [0.1, 0.15) is 0 Å². The van der Waals surface area contributed by atoms with Crippen molar-refractivity contribution in [2.45, 2.75) is 32.2 Å². The predicted molar refractivity (Wildman–Crippen MR) is 73.5 cm³/mol. The summed E-state index contributed by atoms with van der Waals surface area (Å²) in [4.78, 5) is 2.30. The van der Waals surface area contributed by atoms with Crippen molar-refractivity contribution in [2.75, 3.05) is 39.8 Å². The Labute approximate surface area is 111 Å². The first kappa shape index (κ1) is 15.8. The van der Waals surface area contributed by atoms with E-state index in [9.17, 15) is 8.42 Å². The molecule has 1 aliphatic rings. The molecule has 0 aromatic rings. The molecule has 0 aromatic carbocycles. The predicted octanol–water partition coefficient (Wildman–Crippen LogP) is -0.414. The van der Waals surface area contributed by atoms with E-state index in [0.717, 1.165) is 19.6 Å². The number of nitrogens with zero attached hydrogens (tertiary/aromatic N) is 2. The minimum absolute atomic E-state index is 0.0616. The van der Waals surface area contributed by atoms with Gasteiger partial charge in [-0.25, -0.2) is 0 Å². The Morgan fingerprint density at radius 2 is 2.00 bits per heavy atom. The Kier molecular flexibility index (Phi) is 6.51. The summed E-state index contributed by atoms with van der Waals surface area (Å²) in [6, 6.07) is -0.0616. The zero-order chi connectivity index (χ0) is 13.6. The zero-order valence-corrected chi connectivity index (χ0v) is 12.2. The molecule has 0 amide bonds. The molecule has 0 spiro atoms. The third-order valence-electron chi connectivity index (χ3n) is 3.17. The minimum atomic E-state index is -3.37. The van der Waals surface area contributed by atoms with Gasteiger partial charge in [0.15, 0.2) is 0 Å². The van der Waals surface area contributed by atoms with Crippen LogP contribution < -0.4 is 10.5 Å². The molecular formula is C11H26N4O2S. The summed E-state index contributed by atoms with van der Waals surface area (Å²) in [5.74, 6) is 0. The van der Waals surface area contributed by atoms with E-state index in [2.05, 4.69) is 9.62 Å². The van der Waals surface area contributed by atoms with Crippen molar-refractivity contribution in [2.24, 2.45) is 5.73 Å². The molecule has 1 aliphatic heterocycles. The molecule has 0 aliphatic carbocycles. The molecule has 1 fully saturated rings. The van der Waals surface area contributed by atoms with Gasteiger partial charge in [0.2, 0.25) is 0 Å². The molecule has 1 saturated heterocycles. The van der Waals surface area contributed by atoms with E-state index < -0.39 is 10.2 Å². The number of hydrogen-bond donors (Lipinski definition) is 2. The van der Waals surface area contributed by atoms with E-state index in [1.807, 2.05) is 6.92 Å². The lowest BCUT2D eigenvalue weighted by Crippen LogP contribution is -2.47. The summed E-state index contributed by atoms with van der Waals surface area (Å²) in [5, 5.41) is 0. The normalized spacial score (nSPS) is 19.6. The van der Waals surface area contributed by atoms with Crippen LogP contribution in [-0.2, 0) is 10.2 Å². The highest BCUT2D eigenvalue weighted by molar-refractivity contribution is 7.87. The molecule has 7 heteroatoms. The average molecular weight is 278 g/mol. The van der Waals surface area contributed by atoms with Crippen LogP contribution in [0.5, 0.6) is 0 Å². The van der Waals surface area contributed by atoms with Crippen molar-refractivity contribution in [3.63, 3.8) is 0 Å². The molecule has 1 unspecified atom stereocenters. The van der Waals surface area contributed by atoms with E-state index in [4.69, 9.17) is 5.73 Å². The second kappa shape index (κ2) is 7.40. The highest BCUT2D eigenvalue weighted by Crippen LogP contribution is 2.08. The van der Waals surface area contributed by atoms with Crippen molar-refractivity contribution in [1.82, 2.24) is 13.9 Å². The summed E-state index contributed by atoms with van der Waals surface area (Å²) < 4.78 is 28.0. The maximum Gasteiger partial charge on any atom is 0.279 e. The molecule has 18 heavy (non-hydrogen) atoms. The molecule has 1 rings (SSSR count). The van der Waals surface area contributed by atoms with Gasteiger partial charge in [0, 0.05) is 26.2 Å². The Morgan fingerprint density at radius 1 is 1.39 bits per heavy atom.